The number of amides is 1. The van der Waals surface area contributed by atoms with Crippen LogP contribution in [-0.4, -0.2) is 67.1 Å². The molecule has 7 heteroatoms. The molecule has 1 amide bonds. The van der Waals surface area contributed by atoms with Gasteiger partial charge in [-0.2, -0.15) is 0 Å². The third kappa shape index (κ3) is 6.57. The number of morpholine rings is 1. The maximum atomic E-state index is 12.8. The Hall–Kier alpha value is -1.35. The Labute approximate surface area is 192 Å². The largest absolute Gasteiger partial charge is 0.372 e. The molecule has 1 aromatic carbocycles. The van der Waals surface area contributed by atoms with Crippen LogP contribution in [0.1, 0.15) is 49.5 Å². The van der Waals surface area contributed by atoms with E-state index in [-0.39, 0.29) is 42.1 Å². The molecule has 2 heterocycles. The number of carbonyl (C=O) groups excluding carboxylic acids is 1. The molecule has 162 valence electrons. The molecule has 0 aromatic heterocycles. The maximum absolute atomic E-state index is 12.8. The summed E-state index contributed by atoms with van der Waals surface area (Å²) in [5, 5.41) is 3.46. The fourth-order valence-electron chi connectivity index (χ4n) is 4.19. The molecule has 0 spiro atoms. The second kappa shape index (κ2) is 11.2. The molecule has 2 aliphatic rings. The predicted octanol–water partition coefficient (Wildman–Crippen LogP) is 3.36. The van der Waals surface area contributed by atoms with Gasteiger partial charge in [-0.3, -0.25) is 9.79 Å². The van der Waals surface area contributed by atoms with E-state index in [1.54, 1.807) is 0 Å². The summed E-state index contributed by atoms with van der Waals surface area (Å²) in [7, 11) is 1.84. The third-order valence-electron chi connectivity index (χ3n) is 5.53. The Morgan fingerprint density at radius 2 is 1.76 bits per heavy atom. The van der Waals surface area contributed by atoms with Gasteiger partial charge in [0.25, 0.3) is 5.91 Å². The number of hydrogen-bond acceptors (Lipinski definition) is 3. The van der Waals surface area contributed by atoms with Crippen molar-refractivity contribution in [2.75, 3.05) is 33.2 Å². The average molecular weight is 514 g/mol. The van der Waals surface area contributed by atoms with E-state index in [0.29, 0.717) is 25.6 Å². The van der Waals surface area contributed by atoms with Crippen LogP contribution in [0.2, 0.25) is 0 Å². The summed E-state index contributed by atoms with van der Waals surface area (Å²) < 4.78 is 5.73. The standard InChI is InChI=1S/C22H34N4O2.HI/c1-16-6-5-11-25(13-16)22(23-4)24-12-19-7-9-20(10-8-19)21(27)26-14-17(2)28-18(3)15-26;/h7-10,16-18H,5-6,11-15H2,1-4H3,(H,23,24);1H. The van der Waals surface area contributed by atoms with Crippen molar-refractivity contribution in [2.24, 2.45) is 10.9 Å². The lowest BCUT2D eigenvalue weighted by molar-refractivity contribution is -0.0586. The normalized spacial score (nSPS) is 25.4. The fraction of sp³-hybridized carbons (Fsp3) is 0.636. The zero-order valence-corrected chi connectivity index (χ0v) is 20.4. The van der Waals surface area contributed by atoms with Gasteiger partial charge in [0.1, 0.15) is 0 Å². The quantitative estimate of drug-likeness (QED) is 0.382. The van der Waals surface area contributed by atoms with Crippen molar-refractivity contribution in [3.8, 4) is 0 Å². The van der Waals surface area contributed by atoms with Gasteiger partial charge in [-0.25, -0.2) is 0 Å². The highest BCUT2D eigenvalue weighted by molar-refractivity contribution is 14.0. The summed E-state index contributed by atoms with van der Waals surface area (Å²) in [6.07, 6.45) is 2.68. The first-order chi connectivity index (χ1) is 13.5. The zero-order valence-electron chi connectivity index (χ0n) is 18.1. The molecular formula is C22H35IN4O2. The molecule has 1 aromatic rings. The number of halogens is 1. The van der Waals surface area contributed by atoms with Crippen LogP contribution in [0.5, 0.6) is 0 Å². The van der Waals surface area contributed by atoms with Crippen molar-refractivity contribution in [3.05, 3.63) is 35.4 Å². The van der Waals surface area contributed by atoms with Gasteiger partial charge in [0, 0.05) is 45.3 Å². The average Bonchev–Trinajstić information content (AvgIpc) is 2.68. The van der Waals surface area contributed by atoms with Crippen LogP contribution in [-0.2, 0) is 11.3 Å². The molecule has 29 heavy (non-hydrogen) atoms. The van der Waals surface area contributed by atoms with Gasteiger partial charge in [-0.15, -0.1) is 24.0 Å². The van der Waals surface area contributed by atoms with Crippen LogP contribution >= 0.6 is 24.0 Å². The van der Waals surface area contributed by atoms with Crippen molar-refractivity contribution in [1.82, 2.24) is 15.1 Å². The lowest BCUT2D eigenvalue weighted by atomic mass is 10.0. The summed E-state index contributed by atoms with van der Waals surface area (Å²) >= 11 is 0. The Morgan fingerprint density at radius 3 is 2.34 bits per heavy atom. The summed E-state index contributed by atoms with van der Waals surface area (Å²) in [5.41, 5.74) is 1.88. The lowest BCUT2D eigenvalue weighted by Gasteiger charge is -2.35. The van der Waals surface area contributed by atoms with E-state index in [1.807, 2.05) is 50.1 Å². The summed E-state index contributed by atoms with van der Waals surface area (Å²) in [4.78, 5) is 21.5. The van der Waals surface area contributed by atoms with Crippen LogP contribution in [0.15, 0.2) is 29.3 Å². The number of carbonyl (C=O) groups is 1. The first-order valence-corrected chi connectivity index (χ1v) is 10.5. The molecular weight excluding hydrogens is 479 g/mol. The van der Waals surface area contributed by atoms with Crippen LogP contribution in [0.3, 0.4) is 0 Å². The lowest BCUT2D eigenvalue weighted by Crippen LogP contribution is -2.48. The topological polar surface area (TPSA) is 57.2 Å². The van der Waals surface area contributed by atoms with Gasteiger partial charge in [-0.05, 0) is 50.3 Å². The number of nitrogens with one attached hydrogen (secondary N) is 1. The van der Waals surface area contributed by atoms with E-state index < -0.39 is 0 Å². The minimum absolute atomic E-state index is 0. The monoisotopic (exact) mass is 514 g/mol. The smallest absolute Gasteiger partial charge is 0.254 e. The van der Waals surface area contributed by atoms with Gasteiger partial charge in [-0.1, -0.05) is 19.1 Å². The predicted molar refractivity (Wildman–Crippen MR) is 128 cm³/mol. The first kappa shape index (κ1) is 23.9. The molecule has 3 rings (SSSR count). The van der Waals surface area contributed by atoms with Crippen molar-refractivity contribution in [1.29, 1.82) is 0 Å². The molecule has 1 N–H and O–H groups in total. The molecule has 2 fully saturated rings. The van der Waals surface area contributed by atoms with Crippen LogP contribution in [0.25, 0.3) is 0 Å². The van der Waals surface area contributed by atoms with Crippen LogP contribution in [0, 0.1) is 5.92 Å². The number of nitrogens with zero attached hydrogens (tertiary/aromatic N) is 3. The minimum atomic E-state index is 0. The Balaban J connectivity index is 0.00000300. The SMILES string of the molecule is CN=C(NCc1ccc(C(=O)N2CC(C)OC(C)C2)cc1)N1CCCC(C)C1.I. The van der Waals surface area contributed by atoms with Gasteiger partial charge < -0.3 is 19.9 Å². The van der Waals surface area contributed by atoms with Crippen LogP contribution < -0.4 is 5.32 Å². The maximum Gasteiger partial charge on any atom is 0.254 e. The molecule has 3 atom stereocenters. The number of rotatable bonds is 3. The Bertz CT molecular complexity index is 685. The number of hydrogen-bond donors (Lipinski definition) is 1. The van der Waals surface area contributed by atoms with E-state index >= 15 is 0 Å². The van der Waals surface area contributed by atoms with Gasteiger partial charge in [0.05, 0.1) is 12.2 Å². The number of likely N-dealkylation sites (tertiary alicyclic amines) is 1. The number of benzene rings is 1. The van der Waals surface area contributed by atoms with Gasteiger partial charge in [0.2, 0.25) is 0 Å². The highest BCUT2D eigenvalue weighted by atomic mass is 127. The second-order valence-electron chi connectivity index (χ2n) is 8.26. The molecule has 0 aliphatic carbocycles. The van der Waals surface area contributed by atoms with E-state index in [0.717, 1.165) is 30.2 Å². The van der Waals surface area contributed by atoms with Crippen molar-refractivity contribution >= 4 is 35.8 Å². The van der Waals surface area contributed by atoms with E-state index in [1.165, 1.54) is 12.8 Å². The fourth-order valence-corrected chi connectivity index (χ4v) is 4.19. The highest BCUT2D eigenvalue weighted by Crippen LogP contribution is 2.17. The number of aliphatic imine (C=N–C) groups is 1. The van der Waals surface area contributed by atoms with E-state index in [2.05, 4.69) is 22.1 Å². The van der Waals surface area contributed by atoms with Crippen molar-refractivity contribution in [2.45, 2.75) is 52.4 Å². The van der Waals surface area contributed by atoms with E-state index in [4.69, 9.17) is 4.74 Å². The molecule has 2 saturated heterocycles. The molecule has 2 aliphatic heterocycles. The third-order valence-corrected chi connectivity index (χ3v) is 5.53. The van der Waals surface area contributed by atoms with Gasteiger partial charge >= 0.3 is 0 Å². The molecule has 0 bridgehead atoms. The minimum Gasteiger partial charge on any atom is -0.372 e. The molecule has 0 saturated carbocycles. The summed E-state index contributed by atoms with van der Waals surface area (Å²) in [6, 6.07) is 7.91. The number of guanidine groups is 1. The molecule has 0 radical (unpaired) electrons. The second-order valence-corrected chi connectivity index (χ2v) is 8.26. The summed E-state index contributed by atoms with van der Waals surface area (Å²) in [6.45, 7) is 10.5. The van der Waals surface area contributed by atoms with Crippen LogP contribution in [0.4, 0.5) is 0 Å². The Kier molecular flexibility index (Phi) is 9.20. The first-order valence-electron chi connectivity index (χ1n) is 10.5. The van der Waals surface area contributed by atoms with Crippen molar-refractivity contribution in [3.63, 3.8) is 0 Å². The summed E-state index contributed by atoms with van der Waals surface area (Å²) in [5.74, 6) is 1.76. The molecule has 3 unspecified atom stereocenters. The molecule has 6 nitrogen and oxygen atoms in total. The highest BCUT2D eigenvalue weighted by Gasteiger charge is 2.26. The van der Waals surface area contributed by atoms with E-state index in [9.17, 15) is 4.79 Å². The zero-order chi connectivity index (χ0) is 20.1. The van der Waals surface area contributed by atoms with Gasteiger partial charge in [0.15, 0.2) is 5.96 Å². The number of piperidine rings is 1. The Morgan fingerprint density at radius 1 is 1.10 bits per heavy atom. The van der Waals surface area contributed by atoms with Crippen molar-refractivity contribution < 1.29 is 9.53 Å². The number of ether oxygens (including phenoxy) is 1.